The Kier molecular flexibility index (Phi) is 11.0. The minimum absolute atomic E-state index is 0.0467. The fraction of sp³-hybridized carbons (Fsp3) is 0.481. The Morgan fingerprint density at radius 2 is 1.63 bits per heavy atom. The van der Waals surface area contributed by atoms with Crippen molar-refractivity contribution in [1.82, 2.24) is 24.9 Å². The van der Waals surface area contributed by atoms with Gasteiger partial charge in [-0.25, -0.2) is 23.7 Å². The second-order valence-electron chi connectivity index (χ2n) is 9.31. The van der Waals surface area contributed by atoms with E-state index in [1.165, 1.54) is 18.5 Å². The Bertz CT molecular complexity index is 1120. The number of fused-ring (bicyclic) bond motifs is 1. The van der Waals surface area contributed by atoms with E-state index in [4.69, 9.17) is 11.7 Å². The summed E-state index contributed by atoms with van der Waals surface area (Å²) >= 11 is 0. The monoisotopic (exact) mass is 530 g/mol. The first-order chi connectivity index (χ1) is 18.4. The molecule has 5 N–H and O–H groups in total. The van der Waals surface area contributed by atoms with E-state index in [9.17, 15) is 13.6 Å². The van der Waals surface area contributed by atoms with E-state index in [-0.39, 0.29) is 12.1 Å². The molecule has 5 rings (SSSR count). The minimum atomic E-state index is -0.411. The normalized spacial score (nSPS) is 16.6. The lowest BCUT2D eigenvalue weighted by Crippen LogP contribution is -2.56. The van der Waals surface area contributed by atoms with E-state index in [1.54, 1.807) is 22.8 Å². The number of rotatable bonds is 5. The highest BCUT2D eigenvalue weighted by atomic mass is 19.1. The largest absolute Gasteiger partial charge is 0.371 e. The van der Waals surface area contributed by atoms with E-state index >= 15 is 0 Å². The molecule has 0 bridgehead atoms. The molecule has 11 heteroatoms. The van der Waals surface area contributed by atoms with Crippen LogP contribution in [0.4, 0.5) is 14.5 Å². The van der Waals surface area contributed by atoms with Gasteiger partial charge in [-0.1, -0.05) is 13.8 Å². The van der Waals surface area contributed by atoms with Gasteiger partial charge in [0.15, 0.2) is 0 Å². The molecule has 0 radical (unpaired) electrons. The van der Waals surface area contributed by atoms with Gasteiger partial charge in [-0.2, -0.15) is 5.10 Å². The molecule has 2 fully saturated rings. The molecular weight excluding hydrogens is 490 g/mol. The van der Waals surface area contributed by atoms with Crippen LogP contribution in [0.1, 0.15) is 49.9 Å². The molecule has 208 valence electrons. The topological polar surface area (TPSA) is 108 Å². The first kappa shape index (κ1) is 29.4. The van der Waals surface area contributed by atoms with Crippen LogP contribution in [-0.4, -0.2) is 64.8 Å². The first-order valence-corrected chi connectivity index (χ1v) is 13.2. The smallest absolute Gasteiger partial charge is 0.257 e. The molecule has 1 atom stereocenters. The zero-order valence-electron chi connectivity index (χ0n) is 22.5. The van der Waals surface area contributed by atoms with E-state index in [0.29, 0.717) is 24.6 Å². The molecule has 4 heterocycles. The van der Waals surface area contributed by atoms with Crippen molar-refractivity contribution in [3.8, 4) is 0 Å². The molecule has 0 spiro atoms. The third-order valence-electron chi connectivity index (χ3n) is 6.89. The number of nitrogens with two attached hydrogens (primary N) is 2. The number of pyridine rings is 1. The second-order valence-corrected chi connectivity index (χ2v) is 9.31. The number of likely N-dealkylation sites (tertiary alicyclic amines) is 1. The number of amides is 1. The van der Waals surface area contributed by atoms with Gasteiger partial charge in [-0.15, -0.1) is 0 Å². The highest BCUT2D eigenvalue weighted by Gasteiger charge is 2.30. The zero-order valence-corrected chi connectivity index (χ0v) is 22.5. The van der Waals surface area contributed by atoms with Gasteiger partial charge >= 0.3 is 0 Å². The molecule has 3 aromatic rings. The number of hydrogen-bond acceptors (Lipinski definition) is 7. The molecule has 38 heavy (non-hydrogen) atoms. The van der Waals surface area contributed by atoms with E-state index in [1.807, 2.05) is 24.9 Å². The Hall–Kier alpha value is -3.12. The van der Waals surface area contributed by atoms with Crippen LogP contribution in [0.5, 0.6) is 0 Å². The van der Waals surface area contributed by atoms with Crippen LogP contribution < -0.4 is 22.0 Å². The molecule has 2 aromatic heterocycles. The van der Waals surface area contributed by atoms with Gasteiger partial charge in [0.1, 0.15) is 11.6 Å². The van der Waals surface area contributed by atoms with Crippen molar-refractivity contribution in [3.63, 3.8) is 0 Å². The van der Waals surface area contributed by atoms with Crippen molar-refractivity contribution in [2.24, 2.45) is 17.6 Å². The van der Waals surface area contributed by atoms with Crippen molar-refractivity contribution < 1.29 is 13.6 Å². The number of nitrogens with one attached hydrogen (secondary N) is 1. The van der Waals surface area contributed by atoms with Crippen LogP contribution in [0.25, 0.3) is 5.52 Å². The van der Waals surface area contributed by atoms with Crippen molar-refractivity contribution in [1.29, 1.82) is 0 Å². The third-order valence-corrected chi connectivity index (χ3v) is 6.89. The molecule has 0 saturated carbocycles. The van der Waals surface area contributed by atoms with Gasteiger partial charge in [0.2, 0.25) is 0 Å². The number of halogens is 2. The Morgan fingerprint density at radius 1 is 1.05 bits per heavy atom. The lowest BCUT2D eigenvalue weighted by atomic mass is 9.93. The van der Waals surface area contributed by atoms with Crippen LogP contribution >= 0.6 is 0 Å². The molecule has 2 saturated heterocycles. The number of aromatic nitrogens is 2. The van der Waals surface area contributed by atoms with Gasteiger partial charge < -0.3 is 9.80 Å². The van der Waals surface area contributed by atoms with Crippen LogP contribution in [0.2, 0.25) is 0 Å². The molecule has 2 aliphatic heterocycles. The zero-order chi connectivity index (χ0) is 27.7. The third kappa shape index (κ3) is 7.25. The van der Waals surface area contributed by atoms with Crippen LogP contribution in [0, 0.1) is 17.6 Å². The summed E-state index contributed by atoms with van der Waals surface area (Å²) in [6.45, 7) is 7.54. The van der Waals surface area contributed by atoms with Crippen molar-refractivity contribution in [2.75, 3.05) is 38.1 Å². The quantitative estimate of drug-likeness (QED) is 0.264. The van der Waals surface area contributed by atoms with Crippen molar-refractivity contribution in [3.05, 3.63) is 66.0 Å². The first-order valence-electron chi connectivity index (χ1n) is 13.2. The molecule has 1 unspecified atom stereocenters. The van der Waals surface area contributed by atoms with E-state index in [2.05, 4.69) is 27.6 Å². The molecule has 2 aliphatic rings. The lowest BCUT2D eigenvalue weighted by molar-refractivity contribution is 0.0566. The maximum Gasteiger partial charge on any atom is 0.257 e. The van der Waals surface area contributed by atoms with Gasteiger partial charge in [0, 0.05) is 45.1 Å². The number of piperidine rings is 1. The number of hydrazine groups is 2. The summed E-state index contributed by atoms with van der Waals surface area (Å²) in [7, 11) is 1.80. The minimum Gasteiger partial charge on any atom is -0.371 e. The van der Waals surface area contributed by atoms with Gasteiger partial charge in [-0.3, -0.25) is 16.5 Å². The standard InChI is InChI=1S/C19H30N8O.C6H4F2.C2H6/c1-24(21)18(23-20)14-4-9-26(10-5-14)19(28)16-13-22-27-11-6-15(12-17(16)27)25-7-2-3-8-25;7-5-1-2-6(8)4-3-5;1-2/h6,11-14,18,23H,2-5,7-10,20-21H2,1H3;1-4H;1-2H3. The van der Waals surface area contributed by atoms with E-state index in [0.717, 1.165) is 55.7 Å². The van der Waals surface area contributed by atoms with Crippen LogP contribution in [0.15, 0.2) is 48.8 Å². The summed E-state index contributed by atoms with van der Waals surface area (Å²) < 4.78 is 25.6. The SMILES string of the molecule is CC.CN(N)C(NN)C1CCN(C(=O)c2cnn3ccc(N4CCCC4)cc23)CC1.Fc1ccc(F)cc1. The summed E-state index contributed by atoms with van der Waals surface area (Å²) in [5.74, 6) is 11.0. The molecule has 0 aliphatic carbocycles. The lowest BCUT2D eigenvalue weighted by Gasteiger charge is -2.37. The average Bonchev–Trinajstić information content (AvgIpc) is 3.62. The van der Waals surface area contributed by atoms with Crippen molar-refractivity contribution in [2.45, 2.75) is 45.7 Å². The maximum absolute atomic E-state index is 13.2. The summed E-state index contributed by atoms with van der Waals surface area (Å²) in [4.78, 5) is 17.5. The highest BCUT2D eigenvalue weighted by molar-refractivity contribution is 6.01. The van der Waals surface area contributed by atoms with Gasteiger partial charge in [0.05, 0.1) is 23.4 Å². The molecule has 1 amide bonds. The Labute approximate surface area is 223 Å². The number of carbonyl (C=O) groups is 1. The summed E-state index contributed by atoms with van der Waals surface area (Å²) in [5.41, 5.74) is 5.49. The highest BCUT2D eigenvalue weighted by Crippen LogP contribution is 2.26. The number of carbonyl (C=O) groups excluding carboxylic acids is 1. The Morgan fingerprint density at radius 3 is 2.16 bits per heavy atom. The number of hydrogen-bond donors (Lipinski definition) is 3. The fourth-order valence-electron chi connectivity index (χ4n) is 4.91. The number of anilines is 1. The van der Waals surface area contributed by atoms with Gasteiger partial charge in [0.25, 0.3) is 5.91 Å². The van der Waals surface area contributed by atoms with Crippen LogP contribution in [-0.2, 0) is 0 Å². The summed E-state index contributed by atoms with van der Waals surface area (Å²) in [5, 5.41) is 5.99. The molecule has 1 aromatic carbocycles. The molecule has 9 nitrogen and oxygen atoms in total. The van der Waals surface area contributed by atoms with Crippen LogP contribution in [0.3, 0.4) is 0 Å². The second kappa shape index (κ2) is 14.1. The number of benzene rings is 1. The number of nitrogens with zero attached hydrogens (tertiary/aromatic N) is 5. The maximum atomic E-state index is 13.2. The summed E-state index contributed by atoms with van der Waals surface area (Å²) in [6.07, 6.45) is 7.72. The predicted molar refractivity (Wildman–Crippen MR) is 146 cm³/mol. The fourth-order valence-corrected chi connectivity index (χ4v) is 4.91. The summed E-state index contributed by atoms with van der Waals surface area (Å²) in [6, 6.07) is 8.49. The van der Waals surface area contributed by atoms with Crippen molar-refractivity contribution >= 4 is 17.1 Å². The molecular formula is C27H40F2N8O. The van der Waals surface area contributed by atoms with E-state index < -0.39 is 11.6 Å². The Balaban J connectivity index is 0.000000339. The predicted octanol–water partition coefficient (Wildman–Crippen LogP) is 3.37. The van der Waals surface area contributed by atoms with Gasteiger partial charge in [-0.05, 0) is 68.0 Å². The average molecular weight is 531 g/mol.